The second-order valence-electron chi connectivity index (χ2n) is 7.31. The van der Waals surface area contributed by atoms with Gasteiger partial charge in [0.2, 0.25) is 6.79 Å². The maximum atomic E-state index is 11.3. The van der Waals surface area contributed by atoms with Gasteiger partial charge in [0.25, 0.3) is 0 Å². The van der Waals surface area contributed by atoms with Gasteiger partial charge in [-0.3, -0.25) is 4.79 Å². The van der Waals surface area contributed by atoms with Crippen LogP contribution in [0.3, 0.4) is 0 Å². The summed E-state index contributed by atoms with van der Waals surface area (Å²) in [6, 6.07) is 11.5. The summed E-state index contributed by atoms with van der Waals surface area (Å²) in [4.78, 5) is 11.3. The molecule has 0 spiro atoms. The van der Waals surface area contributed by atoms with Crippen molar-refractivity contribution >= 4 is 5.97 Å². The Bertz CT molecular complexity index is 893. The van der Waals surface area contributed by atoms with Crippen LogP contribution in [0.2, 0.25) is 0 Å². The standard InChI is InChI=1S/C22H24O6/c1-12-13(2)22(16-5-7-17-20(10-16)26-11-25-17)28-21(12)15-6-8-18(27-14(3)23)19(9-15)24-4/h5-10,12-13,21-22H,11H2,1-4H3/t12-,13-,21+,22-/m0/s1. The summed E-state index contributed by atoms with van der Waals surface area (Å²) in [7, 11) is 1.56. The zero-order chi connectivity index (χ0) is 19.8. The van der Waals surface area contributed by atoms with Crippen molar-refractivity contribution < 1.29 is 28.5 Å². The lowest BCUT2D eigenvalue weighted by atomic mass is 9.85. The molecule has 6 heteroatoms. The minimum Gasteiger partial charge on any atom is -0.493 e. The van der Waals surface area contributed by atoms with Crippen molar-refractivity contribution in [3.05, 3.63) is 47.5 Å². The van der Waals surface area contributed by atoms with E-state index in [2.05, 4.69) is 13.8 Å². The van der Waals surface area contributed by atoms with Crippen LogP contribution >= 0.6 is 0 Å². The van der Waals surface area contributed by atoms with Crippen molar-refractivity contribution in [1.82, 2.24) is 0 Å². The van der Waals surface area contributed by atoms with Gasteiger partial charge < -0.3 is 23.7 Å². The van der Waals surface area contributed by atoms with Crippen LogP contribution in [0.5, 0.6) is 23.0 Å². The van der Waals surface area contributed by atoms with Crippen LogP contribution in [0.25, 0.3) is 0 Å². The van der Waals surface area contributed by atoms with Crippen molar-refractivity contribution in [2.24, 2.45) is 11.8 Å². The minimum absolute atomic E-state index is 0.0476. The molecule has 0 N–H and O–H groups in total. The summed E-state index contributed by atoms with van der Waals surface area (Å²) in [5.41, 5.74) is 2.07. The first-order valence-corrected chi connectivity index (χ1v) is 9.39. The Morgan fingerprint density at radius 3 is 2.25 bits per heavy atom. The van der Waals surface area contributed by atoms with Crippen LogP contribution in [0, 0.1) is 11.8 Å². The van der Waals surface area contributed by atoms with E-state index < -0.39 is 0 Å². The first-order chi connectivity index (χ1) is 13.5. The average molecular weight is 384 g/mol. The maximum absolute atomic E-state index is 11.3. The molecule has 2 aromatic carbocycles. The Kier molecular flexibility index (Phi) is 4.89. The molecule has 28 heavy (non-hydrogen) atoms. The molecular formula is C22H24O6. The molecule has 0 aliphatic carbocycles. The van der Waals surface area contributed by atoms with Crippen molar-refractivity contribution in [3.63, 3.8) is 0 Å². The number of ether oxygens (including phenoxy) is 5. The second-order valence-corrected chi connectivity index (χ2v) is 7.31. The third kappa shape index (κ3) is 3.29. The molecule has 0 unspecified atom stereocenters. The van der Waals surface area contributed by atoms with E-state index in [9.17, 15) is 4.79 Å². The van der Waals surface area contributed by atoms with E-state index in [1.165, 1.54) is 6.92 Å². The van der Waals surface area contributed by atoms with Crippen LogP contribution in [0.15, 0.2) is 36.4 Å². The highest BCUT2D eigenvalue weighted by Crippen LogP contribution is 2.51. The number of methoxy groups -OCH3 is 1. The number of carbonyl (C=O) groups is 1. The van der Waals surface area contributed by atoms with Gasteiger partial charge >= 0.3 is 5.97 Å². The number of benzene rings is 2. The first-order valence-electron chi connectivity index (χ1n) is 9.39. The molecule has 0 aromatic heterocycles. The fraction of sp³-hybridized carbons (Fsp3) is 0.409. The maximum Gasteiger partial charge on any atom is 0.308 e. The van der Waals surface area contributed by atoms with E-state index in [0.717, 1.165) is 22.6 Å². The van der Waals surface area contributed by atoms with E-state index in [1.807, 2.05) is 30.3 Å². The highest BCUT2D eigenvalue weighted by atomic mass is 16.7. The lowest BCUT2D eigenvalue weighted by Crippen LogP contribution is -2.10. The number of hydrogen-bond donors (Lipinski definition) is 0. The van der Waals surface area contributed by atoms with E-state index in [-0.39, 0.29) is 25.0 Å². The molecule has 2 aromatic rings. The third-order valence-corrected chi connectivity index (χ3v) is 5.57. The van der Waals surface area contributed by atoms with E-state index in [1.54, 1.807) is 13.2 Å². The molecule has 2 aliphatic heterocycles. The van der Waals surface area contributed by atoms with Crippen LogP contribution in [0.4, 0.5) is 0 Å². The fourth-order valence-corrected chi connectivity index (χ4v) is 3.91. The third-order valence-electron chi connectivity index (χ3n) is 5.57. The molecule has 0 amide bonds. The van der Waals surface area contributed by atoms with E-state index >= 15 is 0 Å². The molecule has 2 heterocycles. The fourth-order valence-electron chi connectivity index (χ4n) is 3.91. The quantitative estimate of drug-likeness (QED) is 0.574. The molecule has 2 aliphatic rings. The minimum atomic E-state index is -0.381. The number of rotatable bonds is 4. The Labute approximate surface area is 164 Å². The zero-order valence-corrected chi connectivity index (χ0v) is 16.4. The summed E-state index contributed by atoms with van der Waals surface area (Å²) in [6.45, 7) is 6.01. The van der Waals surface area contributed by atoms with Crippen molar-refractivity contribution in [2.45, 2.75) is 33.0 Å². The van der Waals surface area contributed by atoms with Gasteiger partial charge in [-0.15, -0.1) is 0 Å². The smallest absolute Gasteiger partial charge is 0.308 e. The van der Waals surface area contributed by atoms with Crippen molar-refractivity contribution in [1.29, 1.82) is 0 Å². The van der Waals surface area contributed by atoms with Gasteiger partial charge in [-0.25, -0.2) is 0 Å². The van der Waals surface area contributed by atoms with Crippen LogP contribution in [-0.4, -0.2) is 19.9 Å². The zero-order valence-electron chi connectivity index (χ0n) is 16.4. The van der Waals surface area contributed by atoms with E-state index in [4.69, 9.17) is 23.7 Å². The van der Waals surface area contributed by atoms with Gasteiger partial charge in [-0.05, 0) is 47.2 Å². The van der Waals surface area contributed by atoms with Crippen LogP contribution < -0.4 is 18.9 Å². The Hall–Kier alpha value is -2.73. The summed E-state index contributed by atoms with van der Waals surface area (Å²) >= 11 is 0. The Balaban J connectivity index is 1.60. The normalized spacial score (nSPS) is 25.6. The SMILES string of the molecule is COc1cc([C@@H]2O[C@H](c3ccc4c(c3)OCO4)[C@@H](C)[C@@H]2C)ccc1OC(C)=O. The lowest BCUT2D eigenvalue weighted by Gasteiger charge is -2.18. The molecular weight excluding hydrogens is 360 g/mol. The van der Waals surface area contributed by atoms with Crippen molar-refractivity contribution in [2.75, 3.05) is 13.9 Å². The molecule has 4 rings (SSSR count). The van der Waals surface area contributed by atoms with Gasteiger partial charge in [0, 0.05) is 6.92 Å². The average Bonchev–Trinajstić information content (AvgIpc) is 3.26. The summed E-state index contributed by atoms with van der Waals surface area (Å²) < 4.78 is 28.0. The first kappa shape index (κ1) is 18.6. The molecule has 4 atom stereocenters. The molecule has 148 valence electrons. The highest BCUT2D eigenvalue weighted by Gasteiger charge is 2.41. The molecule has 1 fully saturated rings. The largest absolute Gasteiger partial charge is 0.493 e. The monoisotopic (exact) mass is 384 g/mol. The topological polar surface area (TPSA) is 63.2 Å². The predicted molar refractivity (Wildman–Crippen MR) is 102 cm³/mol. The van der Waals surface area contributed by atoms with Crippen LogP contribution in [0.1, 0.15) is 44.1 Å². The Morgan fingerprint density at radius 2 is 1.57 bits per heavy atom. The van der Waals surface area contributed by atoms with Gasteiger partial charge in [0.05, 0.1) is 19.3 Å². The number of fused-ring (bicyclic) bond motifs is 1. The molecule has 0 saturated carbocycles. The predicted octanol–water partition coefficient (Wildman–Crippen LogP) is 4.43. The summed E-state index contributed by atoms with van der Waals surface area (Å²) in [5.74, 6) is 2.67. The van der Waals surface area contributed by atoms with Crippen molar-refractivity contribution in [3.8, 4) is 23.0 Å². The lowest BCUT2D eigenvalue weighted by molar-refractivity contribution is -0.132. The number of esters is 1. The van der Waals surface area contributed by atoms with Crippen LogP contribution in [-0.2, 0) is 9.53 Å². The second kappa shape index (κ2) is 7.36. The molecule has 0 radical (unpaired) electrons. The Morgan fingerprint density at radius 1 is 0.929 bits per heavy atom. The number of hydrogen-bond acceptors (Lipinski definition) is 6. The van der Waals surface area contributed by atoms with Gasteiger partial charge in [-0.1, -0.05) is 26.0 Å². The highest BCUT2D eigenvalue weighted by molar-refractivity contribution is 5.70. The molecule has 6 nitrogen and oxygen atoms in total. The molecule has 1 saturated heterocycles. The number of carbonyl (C=O) groups excluding carboxylic acids is 1. The van der Waals surface area contributed by atoms with Gasteiger partial charge in [0.15, 0.2) is 23.0 Å². The van der Waals surface area contributed by atoms with Gasteiger partial charge in [-0.2, -0.15) is 0 Å². The summed E-state index contributed by atoms with van der Waals surface area (Å²) in [5, 5.41) is 0. The van der Waals surface area contributed by atoms with Gasteiger partial charge in [0.1, 0.15) is 0 Å². The van der Waals surface area contributed by atoms with E-state index in [0.29, 0.717) is 23.3 Å². The molecule has 0 bridgehead atoms. The summed E-state index contributed by atoms with van der Waals surface area (Å²) in [6.07, 6.45) is -0.139.